The van der Waals surface area contributed by atoms with E-state index in [1.54, 1.807) is 7.11 Å². The van der Waals surface area contributed by atoms with Crippen molar-refractivity contribution in [3.63, 3.8) is 0 Å². The maximum atomic E-state index is 14.0. The van der Waals surface area contributed by atoms with E-state index in [0.717, 1.165) is 88.2 Å². The summed E-state index contributed by atoms with van der Waals surface area (Å²) < 4.78 is 9.35. The maximum absolute atomic E-state index is 14.0. The number of carbonyl (C=O) groups excluding carboxylic acids is 2. The lowest BCUT2D eigenvalue weighted by atomic mass is 9.87. The quantitative estimate of drug-likeness (QED) is 0.123. The Morgan fingerprint density at radius 2 is 1.41 bits per heavy atom. The zero-order valence-corrected chi connectivity index (χ0v) is 32.1. The van der Waals surface area contributed by atoms with Gasteiger partial charge in [-0.2, -0.15) is 0 Å². The third-order valence-corrected chi connectivity index (χ3v) is 11.7. The van der Waals surface area contributed by atoms with E-state index < -0.39 is 0 Å². The van der Waals surface area contributed by atoms with Gasteiger partial charge in [0.05, 0.1) is 13.5 Å². The van der Waals surface area contributed by atoms with Crippen molar-refractivity contribution < 1.29 is 14.3 Å². The van der Waals surface area contributed by atoms with Crippen LogP contribution in [0.25, 0.3) is 22.4 Å². The van der Waals surface area contributed by atoms with Crippen molar-refractivity contribution in [2.75, 3.05) is 33.3 Å². The average Bonchev–Trinajstić information content (AvgIpc) is 3.77. The molecule has 0 saturated carbocycles. The van der Waals surface area contributed by atoms with Gasteiger partial charge < -0.3 is 19.9 Å². The second-order valence-corrected chi connectivity index (χ2v) is 15.5. The number of methoxy groups -OCH3 is 1. The number of hydrogen-bond donors (Lipinski definition) is 1. The summed E-state index contributed by atoms with van der Waals surface area (Å²) >= 11 is 1.32. The summed E-state index contributed by atoms with van der Waals surface area (Å²) in [6.07, 6.45) is 9.08. The van der Waals surface area contributed by atoms with Crippen LogP contribution in [0.1, 0.15) is 72.0 Å². The molecule has 2 saturated heterocycles. The van der Waals surface area contributed by atoms with E-state index in [9.17, 15) is 9.59 Å². The van der Waals surface area contributed by atoms with Crippen LogP contribution < -0.4 is 10.1 Å². The molecule has 9 heteroatoms. The van der Waals surface area contributed by atoms with Crippen molar-refractivity contribution in [2.45, 2.75) is 64.5 Å². The lowest BCUT2D eigenvalue weighted by Gasteiger charge is -2.32. The Balaban J connectivity index is 1.02. The fourth-order valence-corrected chi connectivity index (χ4v) is 8.44. The largest absolute Gasteiger partial charge is 0.497 e. The van der Waals surface area contributed by atoms with Crippen LogP contribution in [0, 0.1) is 11.8 Å². The summed E-state index contributed by atoms with van der Waals surface area (Å²) in [4.78, 5) is 31.7. The zero-order valence-electron chi connectivity index (χ0n) is 31.3. The van der Waals surface area contributed by atoms with Crippen molar-refractivity contribution in [3.05, 3.63) is 125 Å². The number of nitrogens with zero attached hydrogens (tertiary/aromatic N) is 4. The molecule has 1 aromatic heterocycles. The van der Waals surface area contributed by atoms with Gasteiger partial charge in [0.15, 0.2) is 0 Å². The lowest BCUT2D eigenvalue weighted by Crippen LogP contribution is -2.38. The van der Waals surface area contributed by atoms with Gasteiger partial charge in [-0.05, 0) is 126 Å². The molecule has 1 N–H and O–H groups in total. The summed E-state index contributed by atoms with van der Waals surface area (Å²) in [5.41, 5.74) is 7.53. The Hall–Kier alpha value is -4.86. The minimum absolute atomic E-state index is 0.0319. The summed E-state index contributed by atoms with van der Waals surface area (Å²) in [7, 11) is 1.64. The number of rotatable bonds is 14. The number of likely N-dealkylation sites (tertiary alicyclic amines) is 1. The minimum Gasteiger partial charge on any atom is -0.497 e. The SMILES string of the molecule is COc1ccc(CC(=O)N(Cc2cccc(-c3cccc(C(=O)N4CCC(CCCC5CCNCC5)CC4)c3)c2)Cc2cccc(-c3csnn3)c2)cc1. The molecule has 2 fully saturated rings. The standard InChI is InChI=1S/C45H51N5O3S/c1-53-42-16-14-35(15-17-42)28-44(51)50(31-37-9-4-12-40(27-37)43-32-54-48-47-43)30-36-8-3-10-38(26-36)39-11-5-13-41(29-39)45(52)49-24-20-34(21-25-49)7-2-6-33-18-22-46-23-19-33/h3-5,8-17,26-27,29,32-34,46H,2,6-7,18-25,28,30-31H2,1H3. The fourth-order valence-electron chi connectivity index (χ4n) is 7.98. The molecule has 280 valence electrons. The Bertz CT molecular complexity index is 1970. The van der Waals surface area contributed by atoms with Crippen LogP contribution in [0.4, 0.5) is 0 Å². The second kappa shape index (κ2) is 18.5. The molecule has 54 heavy (non-hydrogen) atoms. The van der Waals surface area contributed by atoms with E-state index in [-0.39, 0.29) is 18.2 Å². The molecule has 2 aliphatic heterocycles. The molecular formula is C45H51N5O3S. The average molecular weight is 742 g/mol. The van der Waals surface area contributed by atoms with Gasteiger partial charge in [0, 0.05) is 42.7 Å². The predicted octanol–water partition coefficient (Wildman–Crippen LogP) is 8.67. The first kappa shape index (κ1) is 37.5. The maximum Gasteiger partial charge on any atom is 0.253 e. The van der Waals surface area contributed by atoms with E-state index in [4.69, 9.17) is 4.74 Å². The predicted molar refractivity (Wildman–Crippen MR) is 216 cm³/mol. The van der Waals surface area contributed by atoms with Crippen molar-refractivity contribution >= 4 is 23.3 Å². The number of hydrogen-bond acceptors (Lipinski definition) is 7. The van der Waals surface area contributed by atoms with E-state index >= 15 is 0 Å². The highest BCUT2D eigenvalue weighted by molar-refractivity contribution is 7.03. The first-order valence-electron chi connectivity index (χ1n) is 19.5. The second-order valence-electron chi connectivity index (χ2n) is 14.9. The van der Waals surface area contributed by atoms with Crippen LogP contribution in [0.15, 0.2) is 102 Å². The van der Waals surface area contributed by atoms with Gasteiger partial charge in [-0.15, -0.1) is 5.10 Å². The highest BCUT2D eigenvalue weighted by Crippen LogP contribution is 2.29. The highest BCUT2D eigenvalue weighted by Gasteiger charge is 2.24. The lowest BCUT2D eigenvalue weighted by molar-refractivity contribution is -0.131. The van der Waals surface area contributed by atoms with E-state index in [1.807, 2.05) is 75.8 Å². The van der Waals surface area contributed by atoms with Crippen LogP contribution in [0.3, 0.4) is 0 Å². The number of amides is 2. The Kier molecular flexibility index (Phi) is 12.8. The van der Waals surface area contributed by atoms with Crippen molar-refractivity contribution in [3.8, 4) is 28.1 Å². The van der Waals surface area contributed by atoms with Gasteiger partial charge in [0.25, 0.3) is 5.91 Å². The molecule has 8 nitrogen and oxygen atoms in total. The zero-order chi connectivity index (χ0) is 37.1. The third kappa shape index (κ3) is 10.0. The number of carbonyl (C=O) groups is 2. The van der Waals surface area contributed by atoms with Gasteiger partial charge in [0.2, 0.25) is 5.91 Å². The van der Waals surface area contributed by atoms with Gasteiger partial charge in [0.1, 0.15) is 11.4 Å². The van der Waals surface area contributed by atoms with Gasteiger partial charge in [-0.3, -0.25) is 9.59 Å². The molecule has 0 unspecified atom stereocenters. The van der Waals surface area contributed by atoms with Gasteiger partial charge in [-0.1, -0.05) is 84.4 Å². The van der Waals surface area contributed by atoms with E-state index in [1.165, 1.54) is 56.7 Å². The molecule has 0 aliphatic carbocycles. The number of ether oxygens (including phenoxy) is 1. The van der Waals surface area contributed by atoms with Crippen LogP contribution in [0.5, 0.6) is 5.75 Å². The number of aromatic nitrogens is 2. The number of piperidine rings is 2. The molecule has 2 aliphatic rings. The number of nitrogens with one attached hydrogen (secondary N) is 1. The van der Waals surface area contributed by atoms with Gasteiger partial charge in [-0.25, -0.2) is 0 Å². The molecule has 7 rings (SSSR count). The fraction of sp³-hybridized carbons (Fsp3) is 0.378. The number of benzene rings is 4. The minimum atomic E-state index is 0.0319. The Morgan fingerprint density at radius 3 is 2.07 bits per heavy atom. The van der Waals surface area contributed by atoms with Crippen LogP contribution in [-0.4, -0.2) is 64.5 Å². The Morgan fingerprint density at radius 1 is 0.778 bits per heavy atom. The molecule has 3 heterocycles. The summed E-state index contributed by atoms with van der Waals surface area (Å²) in [5, 5.41) is 9.65. The molecule has 5 aromatic rings. The first-order chi connectivity index (χ1) is 26.5. The van der Waals surface area contributed by atoms with Crippen molar-refractivity contribution in [2.24, 2.45) is 11.8 Å². The van der Waals surface area contributed by atoms with Crippen LogP contribution >= 0.6 is 11.5 Å². The summed E-state index contributed by atoms with van der Waals surface area (Å²) in [6, 6.07) is 32.2. The Labute approximate surface area is 323 Å². The van der Waals surface area contributed by atoms with Crippen LogP contribution in [0.2, 0.25) is 0 Å². The monoisotopic (exact) mass is 741 g/mol. The molecule has 4 aromatic carbocycles. The third-order valence-electron chi connectivity index (χ3n) is 11.2. The highest BCUT2D eigenvalue weighted by atomic mass is 32.1. The molecule has 0 bridgehead atoms. The normalized spacial score (nSPS) is 15.2. The first-order valence-corrected chi connectivity index (χ1v) is 20.3. The smallest absolute Gasteiger partial charge is 0.253 e. The molecule has 0 radical (unpaired) electrons. The topological polar surface area (TPSA) is 87.7 Å². The summed E-state index contributed by atoms with van der Waals surface area (Å²) in [5.74, 6) is 2.53. The van der Waals surface area contributed by atoms with Crippen molar-refractivity contribution in [1.82, 2.24) is 24.7 Å². The molecule has 0 atom stereocenters. The van der Waals surface area contributed by atoms with E-state index in [0.29, 0.717) is 13.1 Å². The molecule has 0 spiro atoms. The molecule has 2 amide bonds. The summed E-state index contributed by atoms with van der Waals surface area (Å²) in [6.45, 7) is 4.90. The molecular weight excluding hydrogens is 691 g/mol. The van der Waals surface area contributed by atoms with Gasteiger partial charge >= 0.3 is 0 Å². The van der Waals surface area contributed by atoms with Crippen molar-refractivity contribution in [1.29, 1.82) is 0 Å². The van der Waals surface area contributed by atoms with E-state index in [2.05, 4.69) is 51.3 Å². The van der Waals surface area contributed by atoms with Crippen LogP contribution in [-0.2, 0) is 24.3 Å².